The molecule has 1 saturated heterocycles. The fourth-order valence-electron chi connectivity index (χ4n) is 2.97. The van der Waals surface area contributed by atoms with Crippen molar-refractivity contribution in [2.45, 2.75) is 32.4 Å². The second-order valence-corrected chi connectivity index (χ2v) is 6.10. The highest BCUT2D eigenvalue weighted by atomic mass is 19.1. The monoisotopic (exact) mass is 344 g/mol. The fraction of sp³-hybridized carbons (Fsp3) is 0.368. The second-order valence-electron chi connectivity index (χ2n) is 6.10. The molecule has 0 unspecified atom stereocenters. The number of aromatic nitrogens is 1. The van der Waals surface area contributed by atoms with E-state index in [0.29, 0.717) is 43.8 Å². The largest absolute Gasteiger partial charge is 0.490 e. The number of pyridine rings is 1. The summed E-state index contributed by atoms with van der Waals surface area (Å²) in [7, 11) is 0. The van der Waals surface area contributed by atoms with Crippen LogP contribution in [-0.4, -0.2) is 34.6 Å². The first kappa shape index (κ1) is 17.2. The number of amides is 1. The van der Waals surface area contributed by atoms with E-state index in [1.165, 1.54) is 18.2 Å². The molecule has 3 rings (SSSR count). The van der Waals surface area contributed by atoms with Gasteiger partial charge in [0, 0.05) is 50.3 Å². The normalized spacial score (nSPS) is 15.2. The lowest BCUT2D eigenvalue weighted by Crippen LogP contribution is -2.42. The van der Waals surface area contributed by atoms with E-state index in [1.54, 1.807) is 33.9 Å². The minimum Gasteiger partial charge on any atom is -0.490 e. The van der Waals surface area contributed by atoms with Crippen molar-refractivity contribution in [3.05, 3.63) is 64.3 Å². The average molecular weight is 344 g/mol. The number of ether oxygens (including phenoxy) is 1. The summed E-state index contributed by atoms with van der Waals surface area (Å²) in [6.07, 6.45) is 3.06. The van der Waals surface area contributed by atoms with Crippen molar-refractivity contribution in [3.63, 3.8) is 0 Å². The van der Waals surface area contributed by atoms with Gasteiger partial charge >= 0.3 is 0 Å². The molecule has 1 aromatic carbocycles. The van der Waals surface area contributed by atoms with Gasteiger partial charge in [0.2, 0.25) is 0 Å². The third-order valence-electron chi connectivity index (χ3n) is 4.43. The molecular formula is C19H21FN2O3. The fourth-order valence-corrected chi connectivity index (χ4v) is 2.97. The molecule has 1 amide bonds. The maximum atomic E-state index is 12.9. The number of hydrogen-bond acceptors (Lipinski definition) is 3. The molecule has 25 heavy (non-hydrogen) atoms. The van der Waals surface area contributed by atoms with Crippen LogP contribution in [0.4, 0.5) is 4.39 Å². The summed E-state index contributed by atoms with van der Waals surface area (Å²) >= 11 is 0. The number of piperidine rings is 1. The summed E-state index contributed by atoms with van der Waals surface area (Å²) < 4.78 is 20.3. The zero-order valence-electron chi connectivity index (χ0n) is 14.2. The number of rotatable bonds is 4. The Labute approximate surface area is 145 Å². The van der Waals surface area contributed by atoms with Crippen LogP contribution in [0.25, 0.3) is 0 Å². The third-order valence-corrected chi connectivity index (χ3v) is 4.43. The molecule has 0 radical (unpaired) electrons. The van der Waals surface area contributed by atoms with E-state index in [2.05, 4.69) is 0 Å². The van der Waals surface area contributed by atoms with Crippen molar-refractivity contribution in [1.29, 1.82) is 0 Å². The Morgan fingerprint density at radius 2 is 1.88 bits per heavy atom. The molecule has 132 valence electrons. The maximum absolute atomic E-state index is 12.9. The summed E-state index contributed by atoms with van der Waals surface area (Å²) in [4.78, 5) is 26.2. The molecule has 0 spiro atoms. The van der Waals surface area contributed by atoms with Gasteiger partial charge in [-0.05, 0) is 37.3 Å². The number of carbonyl (C=O) groups excluding carboxylic acids is 1. The van der Waals surface area contributed by atoms with Gasteiger partial charge in [-0.2, -0.15) is 0 Å². The Morgan fingerprint density at radius 3 is 2.48 bits per heavy atom. The number of nitrogens with zero attached hydrogens (tertiary/aromatic N) is 2. The lowest BCUT2D eigenvalue weighted by Gasteiger charge is -2.32. The van der Waals surface area contributed by atoms with Gasteiger partial charge in [-0.15, -0.1) is 0 Å². The molecule has 0 saturated carbocycles. The molecule has 0 atom stereocenters. The Hall–Kier alpha value is -2.63. The van der Waals surface area contributed by atoms with Gasteiger partial charge in [0.1, 0.15) is 17.7 Å². The Bertz CT molecular complexity index is 793. The second kappa shape index (κ2) is 7.51. The summed E-state index contributed by atoms with van der Waals surface area (Å²) in [5.74, 6) is 0.215. The van der Waals surface area contributed by atoms with Crippen molar-refractivity contribution < 1.29 is 13.9 Å². The first-order valence-corrected chi connectivity index (χ1v) is 8.49. The van der Waals surface area contributed by atoms with Crippen molar-refractivity contribution in [2.24, 2.45) is 0 Å². The summed E-state index contributed by atoms with van der Waals surface area (Å²) in [6, 6.07) is 9.03. The predicted octanol–water partition coefficient (Wildman–Crippen LogP) is 2.69. The lowest BCUT2D eigenvalue weighted by molar-refractivity contribution is 0.0595. The summed E-state index contributed by atoms with van der Waals surface area (Å²) in [5.41, 5.74) is 0.260. The minimum absolute atomic E-state index is 0.00241. The predicted molar refractivity (Wildman–Crippen MR) is 92.3 cm³/mol. The van der Waals surface area contributed by atoms with Crippen LogP contribution in [0.5, 0.6) is 5.75 Å². The third kappa shape index (κ3) is 4.07. The number of likely N-dealkylation sites (tertiary alicyclic amines) is 1. The number of aryl methyl sites for hydroxylation is 1. The molecule has 0 N–H and O–H groups in total. The zero-order chi connectivity index (χ0) is 17.8. The standard InChI is InChI=1S/C19H21FN2O3/c1-2-21-10-7-14(13-18(21)23)19(24)22-11-8-17(9-12-22)25-16-5-3-15(20)4-6-16/h3-7,10,13,17H,2,8-9,11-12H2,1H3. The van der Waals surface area contributed by atoms with Crippen molar-refractivity contribution in [1.82, 2.24) is 9.47 Å². The van der Waals surface area contributed by atoms with Crippen molar-refractivity contribution in [3.8, 4) is 5.75 Å². The highest BCUT2D eigenvalue weighted by molar-refractivity contribution is 5.94. The Balaban J connectivity index is 1.58. The van der Waals surface area contributed by atoms with Crippen molar-refractivity contribution in [2.75, 3.05) is 13.1 Å². The van der Waals surface area contributed by atoms with Gasteiger partial charge in [0.25, 0.3) is 11.5 Å². The molecule has 6 heteroatoms. The Morgan fingerprint density at radius 1 is 1.20 bits per heavy atom. The first-order valence-electron chi connectivity index (χ1n) is 8.49. The summed E-state index contributed by atoms with van der Waals surface area (Å²) in [6.45, 7) is 3.61. The number of benzene rings is 1. The van der Waals surface area contributed by atoms with E-state index in [-0.39, 0.29) is 23.4 Å². The average Bonchev–Trinajstić information content (AvgIpc) is 2.63. The molecule has 1 fully saturated rings. The Kier molecular flexibility index (Phi) is 5.16. The molecule has 1 aliphatic heterocycles. The van der Waals surface area contributed by atoms with E-state index < -0.39 is 0 Å². The smallest absolute Gasteiger partial charge is 0.254 e. The van der Waals surface area contributed by atoms with Crippen LogP contribution in [0, 0.1) is 5.82 Å². The molecule has 2 aromatic rings. The van der Waals surface area contributed by atoms with Crippen LogP contribution < -0.4 is 10.3 Å². The highest BCUT2D eigenvalue weighted by Crippen LogP contribution is 2.20. The maximum Gasteiger partial charge on any atom is 0.254 e. The van der Waals surface area contributed by atoms with Crippen LogP contribution in [0.1, 0.15) is 30.1 Å². The zero-order valence-corrected chi connectivity index (χ0v) is 14.2. The van der Waals surface area contributed by atoms with E-state index in [4.69, 9.17) is 4.74 Å². The van der Waals surface area contributed by atoms with E-state index >= 15 is 0 Å². The van der Waals surface area contributed by atoms with Crippen LogP contribution >= 0.6 is 0 Å². The summed E-state index contributed by atoms with van der Waals surface area (Å²) in [5, 5.41) is 0. The molecule has 1 aromatic heterocycles. The van der Waals surface area contributed by atoms with Gasteiger partial charge in [0.05, 0.1) is 0 Å². The van der Waals surface area contributed by atoms with Crippen LogP contribution in [-0.2, 0) is 6.54 Å². The number of carbonyl (C=O) groups is 1. The SMILES string of the molecule is CCn1ccc(C(=O)N2CCC(Oc3ccc(F)cc3)CC2)cc1=O. The van der Waals surface area contributed by atoms with E-state index in [9.17, 15) is 14.0 Å². The van der Waals surface area contributed by atoms with E-state index in [0.717, 1.165) is 0 Å². The quantitative estimate of drug-likeness (QED) is 0.857. The van der Waals surface area contributed by atoms with Gasteiger partial charge in [-0.1, -0.05) is 0 Å². The number of halogens is 1. The molecule has 0 aliphatic carbocycles. The van der Waals surface area contributed by atoms with Crippen LogP contribution in [0.3, 0.4) is 0 Å². The van der Waals surface area contributed by atoms with Gasteiger partial charge in [-0.25, -0.2) is 4.39 Å². The first-order chi connectivity index (χ1) is 12.1. The molecular weight excluding hydrogens is 323 g/mol. The minimum atomic E-state index is -0.294. The lowest BCUT2D eigenvalue weighted by atomic mass is 10.1. The molecule has 1 aliphatic rings. The molecule has 5 nitrogen and oxygen atoms in total. The van der Waals surface area contributed by atoms with Crippen molar-refractivity contribution >= 4 is 5.91 Å². The van der Waals surface area contributed by atoms with Gasteiger partial charge in [-0.3, -0.25) is 9.59 Å². The van der Waals surface area contributed by atoms with Gasteiger partial charge in [0.15, 0.2) is 0 Å². The van der Waals surface area contributed by atoms with Crippen LogP contribution in [0.2, 0.25) is 0 Å². The number of hydrogen-bond donors (Lipinski definition) is 0. The molecule has 0 bridgehead atoms. The molecule has 2 heterocycles. The van der Waals surface area contributed by atoms with E-state index in [1.807, 2.05) is 6.92 Å². The topological polar surface area (TPSA) is 51.5 Å². The van der Waals surface area contributed by atoms with Crippen LogP contribution in [0.15, 0.2) is 47.4 Å². The highest BCUT2D eigenvalue weighted by Gasteiger charge is 2.25. The van der Waals surface area contributed by atoms with Gasteiger partial charge < -0.3 is 14.2 Å².